The fourth-order valence-electron chi connectivity index (χ4n) is 3.55. The highest BCUT2D eigenvalue weighted by molar-refractivity contribution is 5.77. The van der Waals surface area contributed by atoms with Gasteiger partial charge >= 0.3 is 6.09 Å². The maximum absolute atomic E-state index is 12.4. The van der Waals surface area contributed by atoms with Crippen LogP contribution in [0.15, 0.2) is 42.6 Å². The van der Waals surface area contributed by atoms with E-state index in [4.69, 9.17) is 4.74 Å². The lowest BCUT2D eigenvalue weighted by Gasteiger charge is -2.26. The van der Waals surface area contributed by atoms with Crippen LogP contribution < -0.4 is 5.32 Å². The molecule has 0 aliphatic carbocycles. The first-order chi connectivity index (χ1) is 13.5. The molecule has 0 saturated carbocycles. The van der Waals surface area contributed by atoms with Gasteiger partial charge in [-0.15, -0.1) is 0 Å². The van der Waals surface area contributed by atoms with Crippen LogP contribution in [0, 0.1) is 6.92 Å². The van der Waals surface area contributed by atoms with Crippen molar-refractivity contribution in [3.05, 3.63) is 59.4 Å². The summed E-state index contributed by atoms with van der Waals surface area (Å²) < 4.78 is 5.46. The number of fused-ring (bicyclic) bond motifs is 1. The zero-order valence-electron chi connectivity index (χ0n) is 16.2. The minimum absolute atomic E-state index is 0.147. The van der Waals surface area contributed by atoms with Gasteiger partial charge in [0.2, 0.25) is 0 Å². The Labute approximate surface area is 164 Å². The highest BCUT2D eigenvalue weighted by atomic mass is 16.6. The largest absolute Gasteiger partial charge is 0.445 e. The summed E-state index contributed by atoms with van der Waals surface area (Å²) in [5.74, 6) is 0. The van der Waals surface area contributed by atoms with E-state index in [-0.39, 0.29) is 11.6 Å². The Hall–Kier alpha value is -2.93. The number of nitrogens with one attached hydrogen (secondary N) is 2. The van der Waals surface area contributed by atoms with Gasteiger partial charge in [-0.3, -0.25) is 5.10 Å². The third kappa shape index (κ3) is 3.99. The van der Waals surface area contributed by atoms with E-state index in [1.165, 1.54) is 0 Å². The Morgan fingerprint density at radius 3 is 2.96 bits per heavy atom. The van der Waals surface area contributed by atoms with Crippen molar-refractivity contribution in [1.29, 1.82) is 0 Å². The lowest BCUT2D eigenvalue weighted by Crippen LogP contribution is -2.45. The van der Waals surface area contributed by atoms with Gasteiger partial charge in [0, 0.05) is 42.5 Å². The second-order valence-corrected chi connectivity index (χ2v) is 7.69. The van der Waals surface area contributed by atoms with Gasteiger partial charge in [-0.2, -0.15) is 5.10 Å². The minimum Gasteiger partial charge on any atom is -0.445 e. The van der Waals surface area contributed by atoms with E-state index in [9.17, 15) is 4.79 Å². The summed E-state index contributed by atoms with van der Waals surface area (Å²) in [5, 5.41) is 11.8. The van der Waals surface area contributed by atoms with E-state index in [0.29, 0.717) is 26.2 Å². The number of carbonyl (C=O) groups excluding carboxylic acids is 1. The molecule has 0 bridgehead atoms. The number of aromatic nitrogens is 3. The first kappa shape index (κ1) is 18.4. The molecule has 1 aromatic carbocycles. The second kappa shape index (κ2) is 7.59. The van der Waals surface area contributed by atoms with Gasteiger partial charge < -0.3 is 15.0 Å². The number of nitrogens with zero attached hydrogens (tertiary/aromatic N) is 3. The lowest BCUT2D eigenvalue weighted by molar-refractivity contribution is 0.102. The number of hydrogen-bond acceptors (Lipinski definition) is 5. The van der Waals surface area contributed by atoms with Crippen LogP contribution in [0.25, 0.3) is 11.0 Å². The van der Waals surface area contributed by atoms with Crippen molar-refractivity contribution in [2.24, 2.45) is 0 Å². The van der Waals surface area contributed by atoms with E-state index in [1.54, 1.807) is 4.90 Å². The second-order valence-electron chi connectivity index (χ2n) is 7.69. The average Bonchev–Trinajstić information content (AvgIpc) is 3.29. The van der Waals surface area contributed by atoms with Crippen molar-refractivity contribution >= 4 is 17.1 Å². The molecule has 1 unspecified atom stereocenters. The molecule has 0 radical (unpaired) electrons. The van der Waals surface area contributed by atoms with Crippen LogP contribution in [0.3, 0.4) is 0 Å². The minimum atomic E-state index is -0.258. The molecule has 7 nitrogen and oxygen atoms in total. The highest BCUT2D eigenvalue weighted by Gasteiger charge is 2.36. The van der Waals surface area contributed by atoms with Crippen molar-refractivity contribution in [2.45, 2.75) is 39.0 Å². The Morgan fingerprint density at radius 1 is 1.32 bits per heavy atom. The Balaban J connectivity index is 1.31. The quantitative estimate of drug-likeness (QED) is 0.711. The van der Waals surface area contributed by atoms with Crippen molar-refractivity contribution in [2.75, 3.05) is 13.1 Å². The number of ether oxygens (including phenoxy) is 1. The molecule has 4 rings (SSSR count). The third-order valence-electron chi connectivity index (χ3n) is 5.31. The van der Waals surface area contributed by atoms with Crippen LogP contribution in [-0.2, 0) is 17.9 Å². The molecule has 1 saturated heterocycles. The van der Waals surface area contributed by atoms with Crippen molar-refractivity contribution < 1.29 is 9.53 Å². The number of rotatable bonds is 5. The van der Waals surface area contributed by atoms with E-state index < -0.39 is 0 Å². The molecule has 3 heterocycles. The zero-order chi connectivity index (χ0) is 19.6. The smallest absolute Gasteiger partial charge is 0.410 e. The molecule has 0 spiro atoms. The predicted octanol–water partition coefficient (Wildman–Crippen LogP) is 3.16. The molecule has 1 aliphatic heterocycles. The van der Waals surface area contributed by atoms with E-state index in [2.05, 4.69) is 33.5 Å². The van der Waals surface area contributed by atoms with Crippen molar-refractivity contribution in [3.63, 3.8) is 0 Å². The molecule has 146 valence electrons. The van der Waals surface area contributed by atoms with Crippen LogP contribution in [0.5, 0.6) is 0 Å². The average molecular weight is 379 g/mol. The molecule has 2 aromatic heterocycles. The molecule has 1 aliphatic rings. The van der Waals surface area contributed by atoms with Gasteiger partial charge in [0.1, 0.15) is 6.61 Å². The molecule has 28 heavy (non-hydrogen) atoms. The van der Waals surface area contributed by atoms with E-state index in [0.717, 1.165) is 34.3 Å². The standard InChI is InChI=1S/C21H25N5O2/c1-15-18-10-17(11-22-19(18)25-24-15)12-23-21(2)8-9-26(14-21)20(27)28-13-16-6-4-3-5-7-16/h3-7,10-11,23H,8-9,12-14H2,1-2H3,(H,22,24,25). The third-order valence-corrected chi connectivity index (χ3v) is 5.31. The maximum atomic E-state index is 12.4. The molecule has 1 amide bonds. The number of pyridine rings is 1. The van der Waals surface area contributed by atoms with Gasteiger partial charge in [0.15, 0.2) is 5.65 Å². The van der Waals surface area contributed by atoms with Crippen LogP contribution in [0.1, 0.15) is 30.2 Å². The Kier molecular flexibility index (Phi) is 5.00. The maximum Gasteiger partial charge on any atom is 0.410 e. The zero-order valence-corrected chi connectivity index (χ0v) is 16.2. The number of carbonyl (C=O) groups is 1. The van der Waals surface area contributed by atoms with Gasteiger partial charge in [0.25, 0.3) is 0 Å². The summed E-state index contributed by atoms with van der Waals surface area (Å²) in [6, 6.07) is 11.8. The summed E-state index contributed by atoms with van der Waals surface area (Å²) in [6.07, 6.45) is 2.47. The summed E-state index contributed by atoms with van der Waals surface area (Å²) in [7, 11) is 0. The van der Waals surface area contributed by atoms with Crippen LogP contribution in [0.4, 0.5) is 4.79 Å². The molecular formula is C21H25N5O2. The highest BCUT2D eigenvalue weighted by Crippen LogP contribution is 2.23. The number of likely N-dealkylation sites (tertiary alicyclic amines) is 1. The van der Waals surface area contributed by atoms with Gasteiger partial charge in [-0.25, -0.2) is 9.78 Å². The number of hydrogen-bond donors (Lipinski definition) is 2. The van der Waals surface area contributed by atoms with Gasteiger partial charge in [-0.1, -0.05) is 30.3 Å². The molecule has 1 fully saturated rings. The molecule has 3 aromatic rings. The fraction of sp³-hybridized carbons (Fsp3) is 0.381. The SMILES string of the molecule is Cc1[nH]nc2ncc(CNC3(C)CCN(C(=O)OCc4ccccc4)C3)cc12. The lowest BCUT2D eigenvalue weighted by atomic mass is 10.0. The summed E-state index contributed by atoms with van der Waals surface area (Å²) in [4.78, 5) is 18.6. The molecular weight excluding hydrogens is 354 g/mol. The van der Waals surface area contributed by atoms with Crippen LogP contribution in [0.2, 0.25) is 0 Å². The Morgan fingerprint density at radius 2 is 2.14 bits per heavy atom. The number of H-pyrrole nitrogens is 1. The number of aromatic amines is 1. The molecule has 2 N–H and O–H groups in total. The monoisotopic (exact) mass is 379 g/mol. The van der Waals surface area contributed by atoms with Gasteiger partial charge in [-0.05, 0) is 37.5 Å². The summed E-state index contributed by atoms with van der Waals surface area (Å²) >= 11 is 0. The Bertz CT molecular complexity index is 971. The van der Waals surface area contributed by atoms with E-state index in [1.807, 2.05) is 43.5 Å². The molecule has 7 heteroatoms. The van der Waals surface area contributed by atoms with E-state index >= 15 is 0 Å². The number of benzene rings is 1. The summed E-state index contributed by atoms with van der Waals surface area (Å²) in [5.41, 5.74) is 3.70. The normalized spacial score (nSPS) is 19.3. The first-order valence-electron chi connectivity index (χ1n) is 9.53. The topological polar surface area (TPSA) is 83.1 Å². The number of amides is 1. The van der Waals surface area contributed by atoms with Crippen LogP contribution >= 0.6 is 0 Å². The molecule has 1 atom stereocenters. The fourth-order valence-corrected chi connectivity index (χ4v) is 3.55. The number of aryl methyl sites for hydroxylation is 1. The van der Waals surface area contributed by atoms with Gasteiger partial charge in [0.05, 0.1) is 0 Å². The van der Waals surface area contributed by atoms with Crippen molar-refractivity contribution in [3.8, 4) is 0 Å². The first-order valence-corrected chi connectivity index (χ1v) is 9.53. The van der Waals surface area contributed by atoms with Crippen molar-refractivity contribution in [1.82, 2.24) is 25.4 Å². The predicted molar refractivity (Wildman–Crippen MR) is 107 cm³/mol. The summed E-state index contributed by atoms with van der Waals surface area (Å²) in [6.45, 7) is 6.45. The van der Waals surface area contributed by atoms with Crippen LogP contribution in [-0.4, -0.2) is 44.8 Å².